The van der Waals surface area contributed by atoms with Crippen LogP contribution in [0.15, 0.2) is 18.2 Å². The third-order valence-electron chi connectivity index (χ3n) is 3.03. The molecule has 1 aliphatic heterocycles. The minimum atomic E-state index is -4.14. The van der Waals surface area contributed by atoms with E-state index in [1.54, 1.807) is 0 Å². The number of fused-ring (bicyclic) bond motifs is 1. The van der Waals surface area contributed by atoms with Gasteiger partial charge in [0.15, 0.2) is 0 Å². The second-order valence-corrected chi connectivity index (χ2v) is 5.60. The minimum absolute atomic E-state index is 0.00835. The highest BCUT2D eigenvalue weighted by atomic mass is 32.2. The topological polar surface area (TPSA) is 21.3 Å². The normalized spacial score (nSPS) is 16.0. The minimum Gasteiger partial charge on any atom is -0.493 e. The van der Waals surface area contributed by atoms with Crippen molar-refractivity contribution in [2.75, 3.05) is 18.9 Å². The summed E-state index contributed by atoms with van der Waals surface area (Å²) < 4.78 is 41.3. The van der Waals surface area contributed by atoms with Crippen LogP contribution in [0.1, 0.15) is 24.1 Å². The van der Waals surface area contributed by atoms with Crippen molar-refractivity contribution >= 4 is 11.8 Å². The standard InChI is InChI=1S/C13H16F3NOS/c1-9(17-5-7-19-13(14,15)16)10-2-3-12-11(8-10)4-6-18-12/h2-3,8-9,17H,4-7H2,1H3. The van der Waals surface area contributed by atoms with Crippen molar-refractivity contribution in [2.45, 2.75) is 24.9 Å². The zero-order chi connectivity index (χ0) is 13.9. The lowest BCUT2D eigenvalue weighted by Gasteiger charge is -2.15. The van der Waals surface area contributed by atoms with E-state index in [1.165, 1.54) is 5.56 Å². The molecule has 106 valence electrons. The van der Waals surface area contributed by atoms with Crippen molar-refractivity contribution in [1.29, 1.82) is 0 Å². The third-order valence-corrected chi connectivity index (χ3v) is 3.77. The lowest BCUT2D eigenvalue weighted by Crippen LogP contribution is -2.22. The van der Waals surface area contributed by atoms with Crippen LogP contribution in [0.25, 0.3) is 0 Å². The zero-order valence-electron chi connectivity index (χ0n) is 10.6. The third kappa shape index (κ3) is 4.31. The van der Waals surface area contributed by atoms with Gasteiger partial charge in [0.1, 0.15) is 5.75 Å². The number of halogens is 3. The maximum atomic E-state index is 12.0. The molecule has 1 N–H and O–H groups in total. The van der Waals surface area contributed by atoms with Gasteiger partial charge in [0.2, 0.25) is 0 Å². The van der Waals surface area contributed by atoms with E-state index >= 15 is 0 Å². The Labute approximate surface area is 114 Å². The highest BCUT2D eigenvalue weighted by Crippen LogP contribution is 2.30. The second kappa shape index (κ2) is 6.05. The maximum Gasteiger partial charge on any atom is 0.441 e. The van der Waals surface area contributed by atoms with Crippen LogP contribution in [0, 0.1) is 0 Å². The van der Waals surface area contributed by atoms with Crippen LogP contribution in [-0.2, 0) is 6.42 Å². The fourth-order valence-electron chi connectivity index (χ4n) is 2.04. The van der Waals surface area contributed by atoms with Gasteiger partial charge in [0, 0.05) is 24.8 Å². The quantitative estimate of drug-likeness (QED) is 0.839. The van der Waals surface area contributed by atoms with Crippen molar-refractivity contribution in [3.63, 3.8) is 0 Å². The fraction of sp³-hybridized carbons (Fsp3) is 0.538. The van der Waals surface area contributed by atoms with Gasteiger partial charge in [-0.05, 0) is 35.9 Å². The van der Waals surface area contributed by atoms with Crippen LogP contribution < -0.4 is 10.1 Å². The maximum absolute atomic E-state index is 12.0. The Morgan fingerprint density at radius 1 is 1.42 bits per heavy atom. The van der Waals surface area contributed by atoms with E-state index in [4.69, 9.17) is 4.74 Å². The fourth-order valence-corrected chi connectivity index (χ4v) is 2.49. The van der Waals surface area contributed by atoms with Crippen LogP contribution in [0.4, 0.5) is 13.2 Å². The summed E-state index contributed by atoms with van der Waals surface area (Å²) in [6.07, 6.45) is 0.903. The first-order valence-electron chi connectivity index (χ1n) is 6.15. The highest BCUT2D eigenvalue weighted by Gasteiger charge is 2.27. The summed E-state index contributed by atoms with van der Waals surface area (Å²) in [7, 11) is 0. The summed E-state index contributed by atoms with van der Waals surface area (Å²) in [4.78, 5) is 0. The predicted molar refractivity (Wildman–Crippen MR) is 70.6 cm³/mol. The van der Waals surface area contributed by atoms with Crippen LogP contribution in [0.5, 0.6) is 5.75 Å². The van der Waals surface area contributed by atoms with E-state index in [1.807, 2.05) is 19.1 Å². The number of hydrogen-bond donors (Lipinski definition) is 1. The van der Waals surface area contributed by atoms with Gasteiger partial charge < -0.3 is 10.1 Å². The first-order chi connectivity index (χ1) is 8.96. The molecule has 0 amide bonds. The lowest BCUT2D eigenvalue weighted by atomic mass is 10.0. The average molecular weight is 291 g/mol. The summed E-state index contributed by atoms with van der Waals surface area (Å²) >= 11 is 0.00835. The monoisotopic (exact) mass is 291 g/mol. The Bertz CT molecular complexity index is 436. The Balaban J connectivity index is 1.81. The first kappa shape index (κ1) is 14.5. The molecule has 1 atom stereocenters. The number of benzene rings is 1. The second-order valence-electron chi connectivity index (χ2n) is 4.44. The van der Waals surface area contributed by atoms with Crippen molar-refractivity contribution in [3.8, 4) is 5.75 Å². The van der Waals surface area contributed by atoms with Crippen molar-refractivity contribution in [2.24, 2.45) is 0 Å². The number of thioether (sulfide) groups is 1. The molecule has 6 heteroatoms. The van der Waals surface area contributed by atoms with Crippen LogP contribution in [0.3, 0.4) is 0 Å². The van der Waals surface area contributed by atoms with E-state index in [2.05, 4.69) is 11.4 Å². The molecule has 0 saturated heterocycles. The number of ether oxygens (including phenoxy) is 1. The van der Waals surface area contributed by atoms with E-state index in [-0.39, 0.29) is 23.6 Å². The Morgan fingerprint density at radius 3 is 2.95 bits per heavy atom. The van der Waals surface area contributed by atoms with Gasteiger partial charge in [-0.3, -0.25) is 0 Å². The van der Waals surface area contributed by atoms with Crippen molar-refractivity contribution < 1.29 is 17.9 Å². The van der Waals surface area contributed by atoms with Crippen LogP contribution in [-0.4, -0.2) is 24.4 Å². The molecule has 0 spiro atoms. The smallest absolute Gasteiger partial charge is 0.441 e. The largest absolute Gasteiger partial charge is 0.493 e. The Morgan fingerprint density at radius 2 is 2.21 bits per heavy atom. The lowest BCUT2D eigenvalue weighted by molar-refractivity contribution is -0.0327. The van der Waals surface area contributed by atoms with Gasteiger partial charge >= 0.3 is 5.51 Å². The van der Waals surface area contributed by atoms with Gasteiger partial charge in [0.25, 0.3) is 0 Å². The molecule has 1 heterocycles. The molecule has 1 aliphatic rings. The van der Waals surface area contributed by atoms with Crippen LogP contribution >= 0.6 is 11.8 Å². The van der Waals surface area contributed by atoms with E-state index in [0.717, 1.165) is 17.7 Å². The molecular weight excluding hydrogens is 275 g/mol. The molecule has 2 nitrogen and oxygen atoms in total. The van der Waals surface area contributed by atoms with Gasteiger partial charge in [-0.25, -0.2) is 0 Å². The number of hydrogen-bond acceptors (Lipinski definition) is 3. The molecule has 0 bridgehead atoms. The molecule has 19 heavy (non-hydrogen) atoms. The van der Waals surface area contributed by atoms with Crippen molar-refractivity contribution in [1.82, 2.24) is 5.32 Å². The van der Waals surface area contributed by atoms with Crippen LogP contribution in [0.2, 0.25) is 0 Å². The Kier molecular flexibility index (Phi) is 4.62. The molecule has 0 aliphatic carbocycles. The summed E-state index contributed by atoms with van der Waals surface area (Å²) in [5.41, 5.74) is -1.88. The average Bonchev–Trinajstić information content (AvgIpc) is 2.80. The zero-order valence-corrected chi connectivity index (χ0v) is 11.4. The number of alkyl halides is 3. The van der Waals surface area contributed by atoms with Gasteiger partial charge in [-0.2, -0.15) is 13.2 Å². The summed E-state index contributed by atoms with van der Waals surface area (Å²) in [5, 5.41) is 3.10. The van der Waals surface area contributed by atoms with E-state index < -0.39 is 5.51 Å². The summed E-state index contributed by atoms with van der Waals surface area (Å²) in [6.45, 7) is 3.00. The predicted octanol–water partition coefficient (Wildman–Crippen LogP) is 3.53. The van der Waals surface area contributed by atoms with Gasteiger partial charge in [-0.15, -0.1) is 0 Å². The molecule has 0 aromatic heterocycles. The summed E-state index contributed by atoms with van der Waals surface area (Å²) in [5.74, 6) is 0.950. The van der Waals surface area contributed by atoms with E-state index in [9.17, 15) is 13.2 Å². The number of nitrogens with one attached hydrogen (secondary N) is 1. The molecule has 0 saturated carbocycles. The highest BCUT2D eigenvalue weighted by molar-refractivity contribution is 8.00. The van der Waals surface area contributed by atoms with E-state index in [0.29, 0.717) is 13.2 Å². The SMILES string of the molecule is CC(NCCSC(F)(F)F)c1ccc2c(c1)CCO2. The summed E-state index contributed by atoms with van der Waals surface area (Å²) in [6, 6.07) is 6.00. The molecule has 0 radical (unpaired) electrons. The number of rotatable bonds is 5. The molecular formula is C13H16F3NOS. The van der Waals surface area contributed by atoms with Crippen molar-refractivity contribution in [3.05, 3.63) is 29.3 Å². The first-order valence-corrected chi connectivity index (χ1v) is 7.14. The molecule has 2 rings (SSSR count). The molecule has 0 fully saturated rings. The molecule has 1 aromatic rings. The van der Waals surface area contributed by atoms with Gasteiger partial charge in [0.05, 0.1) is 6.61 Å². The molecule has 1 unspecified atom stereocenters. The van der Waals surface area contributed by atoms with Gasteiger partial charge in [-0.1, -0.05) is 12.1 Å². The molecule has 1 aromatic carbocycles. The Hall–Kier alpha value is -0.880.